The lowest BCUT2D eigenvalue weighted by atomic mass is 10.0. The highest BCUT2D eigenvalue weighted by Gasteiger charge is 2.15. The molecule has 22 heavy (non-hydrogen) atoms. The molecule has 130 valence electrons. The molecule has 2 atom stereocenters. The van der Waals surface area contributed by atoms with Crippen LogP contribution >= 0.6 is 0 Å². The van der Waals surface area contributed by atoms with Gasteiger partial charge in [0, 0.05) is 26.2 Å². The number of nitrogens with zero attached hydrogens (tertiary/aromatic N) is 1. The minimum absolute atomic E-state index is 0.304. The van der Waals surface area contributed by atoms with Crippen LogP contribution in [0.2, 0.25) is 0 Å². The van der Waals surface area contributed by atoms with Gasteiger partial charge in [0.15, 0.2) is 5.96 Å². The van der Waals surface area contributed by atoms with Crippen LogP contribution in [0.3, 0.4) is 0 Å². The summed E-state index contributed by atoms with van der Waals surface area (Å²) < 4.78 is 11.2. The molecule has 1 saturated heterocycles. The molecule has 0 bridgehead atoms. The minimum Gasteiger partial charge on any atom is -0.377 e. The molecule has 0 aromatic carbocycles. The fourth-order valence-corrected chi connectivity index (χ4v) is 2.56. The molecule has 0 aromatic heterocycles. The largest absolute Gasteiger partial charge is 0.377 e. The van der Waals surface area contributed by atoms with Gasteiger partial charge in [-0.25, -0.2) is 0 Å². The Morgan fingerprint density at radius 1 is 1.32 bits per heavy atom. The number of hydrogen-bond acceptors (Lipinski definition) is 3. The summed E-state index contributed by atoms with van der Waals surface area (Å²) >= 11 is 0. The van der Waals surface area contributed by atoms with Crippen LogP contribution in [-0.4, -0.2) is 51.5 Å². The Bertz CT molecular complexity index is 302. The van der Waals surface area contributed by atoms with Crippen LogP contribution in [0.15, 0.2) is 4.99 Å². The molecule has 0 amide bonds. The summed E-state index contributed by atoms with van der Waals surface area (Å²) in [5.41, 5.74) is 0. The minimum atomic E-state index is 0.304. The van der Waals surface area contributed by atoms with Crippen LogP contribution < -0.4 is 10.6 Å². The molecule has 2 unspecified atom stereocenters. The van der Waals surface area contributed by atoms with Gasteiger partial charge in [-0.2, -0.15) is 0 Å². The van der Waals surface area contributed by atoms with Gasteiger partial charge in [-0.05, 0) is 32.1 Å². The number of nitrogens with one attached hydrogen (secondary N) is 2. The van der Waals surface area contributed by atoms with Crippen molar-refractivity contribution in [3.05, 3.63) is 0 Å². The summed E-state index contributed by atoms with van der Waals surface area (Å²) in [5, 5.41) is 6.73. The second kappa shape index (κ2) is 11.7. The average molecular weight is 313 g/mol. The smallest absolute Gasteiger partial charge is 0.191 e. The van der Waals surface area contributed by atoms with Crippen molar-refractivity contribution in [1.82, 2.24) is 10.6 Å². The lowest BCUT2D eigenvalue weighted by Gasteiger charge is -2.18. The van der Waals surface area contributed by atoms with Crippen LogP contribution in [0, 0.1) is 5.92 Å². The van der Waals surface area contributed by atoms with Gasteiger partial charge in [-0.15, -0.1) is 0 Å². The Kier molecular flexibility index (Phi) is 10.2. The maximum Gasteiger partial charge on any atom is 0.191 e. The van der Waals surface area contributed by atoms with Gasteiger partial charge in [-0.1, -0.05) is 26.7 Å². The molecule has 1 heterocycles. The molecule has 1 rings (SSSR count). The van der Waals surface area contributed by atoms with Gasteiger partial charge < -0.3 is 20.1 Å². The number of hydrogen-bond donors (Lipinski definition) is 2. The van der Waals surface area contributed by atoms with E-state index in [1.807, 2.05) is 7.05 Å². The molecule has 1 aliphatic rings. The van der Waals surface area contributed by atoms with Gasteiger partial charge in [0.2, 0.25) is 0 Å². The van der Waals surface area contributed by atoms with Crippen LogP contribution in [0.1, 0.15) is 52.9 Å². The second-order valence-corrected chi connectivity index (χ2v) is 6.58. The highest BCUT2D eigenvalue weighted by Crippen LogP contribution is 2.11. The summed E-state index contributed by atoms with van der Waals surface area (Å²) in [6, 6.07) is 0.442. The van der Waals surface area contributed by atoms with E-state index in [2.05, 4.69) is 36.4 Å². The summed E-state index contributed by atoms with van der Waals surface area (Å²) in [6.45, 7) is 9.80. The van der Waals surface area contributed by atoms with Crippen molar-refractivity contribution in [2.75, 3.05) is 33.4 Å². The molecule has 5 heteroatoms. The maximum atomic E-state index is 5.64. The third-order valence-electron chi connectivity index (χ3n) is 3.89. The van der Waals surface area contributed by atoms with Crippen LogP contribution in [0.5, 0.6) is 0 Å². The highest BCUT2D eigenvalue weighted by molar-refractivity contribution is 5.79. The van der Waals surface area contributed by atoms with E-state index in [4.69, 9.17) is 9.47 Å². The third kappa shape index (κ3) is 9.26. The first-order chi connectivity index (χ1) is 10.6. The van der Waals surface area contributed by atoms with Crippen LogP contribution in [-0.2, 0) is 9.47 Å². The first-order valence-corrected chi connectivity index (χ1v) is 8.78. The van der Waals surface area contributed by atoms with Gasteiger partial charge in [-0.3, -0.25) is 4.99 Å². The third-order valence-corrected chi connectivity index (χ3v) is 3.89. The first kappa shape index (κ1) is 19.2. The zero-order chi connectivity index (χ0) is 16.2. The topological polar surface area (TPSA) is 54.9 Å². The van der Waals surface area contributed by atoms with E-state index >= 15 is 0 Å². The molecule has 0 radical (unpaired) electrons. The normalized spacial score (nSPS) is 20.4. The van der Waals surface area contributed by atoms with E-state index in [1.54, 1.807) is 0 Å². The van der Waals surface area contributed by atoms with E-state index in [1.165, 1.54) is 19.3 Å². The second-order valence-electron chi connectivity index (χ2n) is 6.58. The van der Waals surface area contributed by atoms with Crippen molar-refractivity contribution >= 4 is 5.96 Å². The van der Waals surface area contributed by atoms with E-state index in [9.17, 15) is 0 Å². The number of aliphatic imine (C=N–C) groups is 1. The lowest BCUT2D eigenvalue weighted by Crippen LogP contribution is -2.43. The van der Waals surface area contributed by atoms with Crippen molar-refractivity contribution in [2.45, 2.75) is 65.0 Å². The molecule has 0 aliphatic carbocycles. The Hall–Kier alpha value is -0.810. The molecule has 5 nitrogen and oxygen atoms in total. The number of ether oxygens (including phenoxy) is 2. The Labute approximate surface area is 136 Å². The molecule has 0 spiro atoms. The zero-order valence-electron chi connectivity index (χ0n) is 14.9. The van der Waals surface area contributed by atoms with E-state index in [0.29, 0.717) is 25.4 Å². The first-order valence-electron chi connectivity index (χ1n) is 8.78. The summed E-state index contributed by atoms with van der Waals surface area (Å²) in [4.78, 5) is 4.26. The van der Waals surface area contributed by atoms with Crippen LogP contribution in [0.25, 0.3) is 0 Å². The number of guanidine groups is 1. The maximum absolute atomic E-state index is 5.64. The van der Waals surface area contributed by atoms with E-state index < -0.39 is 0 Å². The lowest BCUT2D eigenvalue weighted by molar-refractivity contribution is 0.0191. The average Bonchev–Trinajstić information content (AvgIpc) is 2.98. The van der Waals surface area contributed by atoms with Gasteiger partial charge >= 0.3 is 0 Å². The summed E-state index contributed by atoms with van der Waals surface area (Å²) in [7, 11) is 1.81. The molecule has 1 aliphatic heterocycles. The Balaban J connectivity index is 2.03. The van der Waals surface area contributed by atoms with Crippen molar-refractivity contribution in [3.63, 3.8) is 0 Å². The predicted molar refractivity (Wildman–Crippen MR) is 92.4 cm³/mol. The van der Waals surface area contributed by atoms with E-state index in [-0.39, 0.29) is 0 Å². The van der Waals surface area contributed by atoms with Crippen molar-refractivity contribution in [1.29, 1.82) is 0 Å². The molecule has 0 aromatic rings. The van der Waals surface area contributed by atoms with Gasteiger partial charge in [0.1, 0.15) is 0 Å². The van der Waals surface area contributed by atoms with Crippen molar-refractivity contribution in [2.24, 2.45) is 10.9 Å². The standard InChI is InChI=1S/C17H35N3O2/c1-14(2)7-5-8-15(3)20-17(18-4)19-10-12-21-13-16-9-6-11-22-16/h14-16H,5-13H2,1-4H3,(H2,18,19,20). The monoisotopic (exact) mass is 313 g/mol. The predicted octanol–water partition coefficient (Wildman–Crippen LogP) is 2.56. The van der Waals surface area contributed by atoms with Crippen molar-refractivity contribution in [3.8, 4) is 0 Å². The van der Waals surface area contributed by atoms with Crippen molar-refractivity contribution < 1.29 is 9.47 Å². The van der Waals surface area contributed by atoms with Gasteiger partial charge in [0.25, 0.3) is 0 Å². The molecule has 0 saturated carbocycles. The zero-order valence-corrected chi connectivity index (χ0v) is 14.9. The van der Waals surface area contributed by atoms with Gasteiger partial charge in [0.05, 0.1) is 19.3 Å². The quantitative estimate of drug-likeness (QED) is 0.370. The van der Waals surface area contributed by atoms with Crippen LogP contribution in [0.4, 0.5) is 0 Å². The number of rotatable bonds is 10. The fourth-order valence-electron chi connectivity index (χ4n) is 2.56. The SMILES string of the molecule is CN=C(NCCOCC1CCCO1)NC(C)CCCC(C)C. The molecule has 2 N–H and O–H groups in total. The Morgan fingerprint density at radius 3 is 2.77 bits per heavy atom. The highest BCUT2D eigenvalue weighted by atomic mass is 16.5. The molecule has 1 fully saturated rings. The summed E-state index contributed by atoms with van der Waals surface area (Å²) in [5.74, 6) is 1.64. The molecular weight excluding hydrogens is 278 g/mol. The fraction of sp³-hybridized carbons (Fsp3) is 0.941. The summed E-state index contributed by atoms with van der Waals surface area (Å²) in [6.07, 6.45) is 6.32. The Morgan fingerprint density at radius 2 is 2.14 bits per heavy atom. The molecular formula is C17H35N3O2. The van der Waals surface area contributed by atoms with E-state index in [0.717, 1.165) is 37.9 Å².